The molecule has 0 saturated heterocycles. The summed E-state index contributed by atoms with van der Waals surface area (Å²) in [7, 11) is -5.51. The Morgan fingerprint density at radius 1 is 1.18 bits per heavy atom. The Hall–Kier alpha value is -1.35. The normalized spacial score (nSPS) is 15.2. The maximum Gasteiger partial charge on any atom is 0.393 e. The molecular weight excluding hydrogens is 352 g/mol. The molecule has 0 N–H and O–H groups in total. The summed E-state index contributed by atoms with van der Waals surface area (Å²) in [5.74, 6) is -1.36. The molecule has 0 heterocycles. The third kappa shape index (κ3) is 4.33. The molecule has 1 aromatic rings. The zero-order valence-corrected chi connectivity index (χ0v) is 12.7. The molecule has 0 aliphatic carbocycles. The number of carbonyl (C=O) groups is 1. The Morgan fingerprint density at radius 3 is 2.09 bits per heavy atom. The van der Waals surface area contributed by atoms with Crippen LogP contribution in [-0.4, -0.2) is 20.6 Å². The standard InChI is InChI=1S/C12H11ClF4O4S/c1-2-10(18)21-22(19,20)11(14,7-12(15,16)17)8-3-5-9(13)6-4-8/h3-6H,2,7H2,1H3. The molecule has 0 aromatic heterocycles. The van der Waals surface area contributed by atoms with Crippen molar-refractivity contribution in [1.82, 2.24) is 0 Å². The van der Waals surface area contributed by atoms with E-state index in [0.29, 0.717) is 0 Å². The number of rotatable bonds is 5. The van der Waals surface area contributed by atoms with Gasteiger partial charge in [0, 0.05) is 17.0 Å². The summed E-state index contributed by atoms with van der Waals surface area (Å²) in [6.45, 7) is 1.21. The van der Waals surface area contributed by atoms with Gasteiger partial charge in [-0.05, 0) is 12.1 Å². The van der Waals surface area contributed by atoms with Gasteiger partial charge < -0.3 is 4.18 Å². The van der Waals surface area contributed by atoms with Gasteiger partial charge >= 0.3 is 22.3 Å². The summed E-state index contributed by atoms with van der Waals surface area (Å²) in [5, 5.41) is -3.89. The van der Waals surface area contributed by atoms with Crippen molar-refractivity contribution in [3.05, 3.63) is 34.9 Å². The smallest absolute Gasteiger partial charge is 0.343 e. The van der Waals surface area contributed by atoms with Crippen LogP contribution in [0.5, 0.6) is 0 Å². The van der Waals surface area contributed by atoms with E-state index in [1.807, 2.05) is 0 Å². The Kier molecular flexibility index (Phi) is 5.45. The van der Waals surface area contributed by atoms with E-state index in [1.165, 1.54) is 6.92 Å². The Bertz CT molecular complexity index is 642. The lowest BCUT2D eigenvalue weighted by molar-refractivity contribution is -0.154. The summed E-state index contributed by atoms with van der Waals surface area (Å²) in [4.78, 5) is 11.1. The SMILES string of the molecule is CCC(=O)OS(=O)(=O)C(F)(CC(F)(F)F)c1ccc(Cl)cc1. The highest BCUT2D eigenvalue weighted by Crippen LogP contribution is 2.43. The van der Waals surface area contributed by atoms with Crippen LogP contribution in [0.15, 0.2) is 24.3 Å². The Balaban J connectivity index is 3.40. The van der Waals surface area contributed by atoms with Crippen molar-refractivity contribution in [2.75, 3.05) is 0 Å². The van der Waals surface area contributed by atoms with Gasteiger partial charge in [-0.3, -0.25) is 4.79 Å². The van der Waals surface area contributed by atoms with E-state index in [4.69, 9.17) is 11.6 Å². The van der Waals surface area contributed by atoms with E-state index in [9.17, 15) is 30.8 Å². The molecule has 22 heavy (non-hydrogen) atoms. The van der Waals surface area contributed by atoms with Crippen LogP contribution < -0.4 is 0 Å². The molecule has 0 aliphatic rings. The van der Waals surface area contributed by atoms with Crippen LogP contribution in [0, 0.1) is 0 Å². The van der Waals surface area contributed by atoms with Crippen molar-refractivity contribution in [2.24, 2.45) is 0 Å². The number of halogens is 5. The predicted octanol–water partition coefficient (Wildman–Crippen LogP) is 3.70. The van der Waals surface area contributed by atoms with E-state index < -0.39 is 45.7 Å². The average molecular weight is 363 g/mol. The summed E-state index contributed by atoms with van der Waals surface area (Å²) < 4.78 is 80.2. The molecule has 4 nitrogen and oxygen atoms in total. The molecule has 1 atom stereocenters. The van der Waals surface area contributed by atoms with Crippen LogP contribution in [0.4, 0.5) is 17.6 Å². The fourth-order valence-corrected chi connectivity index (χ4v) is 2.92. The molecule has 124 valence electrons. The van der Waals surface area contributed by atoms with Gasteiger partial charge in [-0.1, -0.05) is 30.7 Å². The minimum Gasteiger partial charge on any atom is -0.343 e. The number of hydrogen-bond donors (Lipinski definition) is 0. The van der Waals surface area contributed by atoms with Crippen LogP contribution in [-0.2, 0) is 24.1 Å². The molecule has 1 rings (SSSR count). The monoisotopic (exact) mass is 362 g/mol. The van der Waals surface area contributed by atoms with Crippen LogP contribution in [0.2, 0.25) is 5.02 Å². The van der Waals surface area contributed by atoms with Crippen molar-refractivity contribution < 1.29 is 35.0 Å². The molecule has 0 spiro atoms. The number of benzene rings is 1. The third-order valence-electron chi connectivity index (χ3n) is 2.59. The van der Waals surface area contributed by atoms with E-state index in [-0.39, 0.29) is 5.02 Å². The second-order valence-corrected chi connectivity index (χ2v) is 6.45. The lowest BCUT2D eigenvalue weighted by atomic mass is 10.1. The zero-order chi connectivity index (χ0) is 17.2. The van der Waals surface area contributed by atoms with E-state index in [1.54, 1.807) is 0 Å². The first-order chi connectivity index (χ1) is 9.91. The molecule has 0 amide bonds. The first-order valence-electron chi connectivity index (χ1n) is 5.90. The molecular formula is C12H11ClF4O4S. The number of alkyl halides is 4. The number of carbonyl (C=O) groups excluding carboxylic acids is 1. The topological polar surface area (TPSA) is 60.4 Å². The third-order valence-corrected chi connectivity index (χ3v) is 4.42. The minimum atomic E-state index is -5.51. The minimum absolute atomic E-state index is 0.0704. The summed E-state index contributed by atoms with van der Waals surface area (Å²) in [6.07, 6.45) is -7.96. The second kappa shape index (κ2) is 6.41. The lowest BCUT2D eigenvalue weighted by Crippen LogP contribution is -2.38. The molecule has 10 heteroatoms. The molecule has 1 unspecified atom stereocenters. The van der Waals surface area contributed by atoms with Gasteiger partial charge in [0.1, 0.15) is 6.42 Å². The van der Waals surface area contributed by atoms with Crippen LogP contribution >= 0.6 is 11.6 Å². The van der Waals surface area contributed by atoms with E-state index in [0.717, 1.165) is 24.3 Å². The van der Waals surface area contributed by atoms with Crippen molar-refractivity contribution >= 4 is 27.7 Å². The molecule has 0 radical (unpaired) electrons. The van der Waals surface area contributed by atoms with E-state index in [2.05, 4.69) is 4.18 Å². The molecule has 0 bridgehead atoms. The quantitative estimate of drug-likeness (QED) is 0.592. The maximum atomic E-state index is 14.8. The highest BCUT2D eigenvalue weighted by atomic mass is 35.5. The van der Waals surface area contributed by atoms with E-state index >= 15 is 0 Å². The first-order valence-corrected chi connectivity index (χ1v) is 7.68. The molecule has 1 aromatic carbocycles. The maximum absolute atomic E-state index is 14.8. The molecule has 0 aliphatic heterocycles. The predicted molar refractivity (Wildman–Crippen MR) is 70.2 cm³/mol. The summed E-state index contributed by atoms with van der Waals surface area (Å²) in [6, 6.07) is 3.62. The Morgan fingerprint density at radius 2 is 1.68 bits per heavy atom. The fourth-order valence-electron chi connectivity index (χ4n) is 1.54. The van der Waals surface area contributed by atoms with Gasteiger partial charge in [-0.25, -0.2) is 4.39 Å². The highest BCUT2D eigenvalue weighted by molar-refractivity contribution is 7.88. The molecule has 0 fully saturated rings. The summed E-state index contributed by atoms with van der Waals surface area (Å²) in [5.41, 5.74) is -0.835. The number of hydrogen-bond acceptors (Lipinski definition) is 4. The average Bonchev–Trinajstić information content (AvgIpc) is 2.36. The van der Waals surface area contributed by atoms with Gasteiger partial charge in [0.25, 0.3) is 5.00 Å². The zero-order valence-electron chi connectivity index (χ0n) is 11.2. The van der Waals surface area contributed by atoms with Crippen LogP contribution in [0.1, 0.15) is 25.3 Å². The van der Waals surface area contributed by atoms with Crippen molar-refractivity contribution in [3.8, 4) is 0 Å². The van der Waals surface area contributed by atoms with Crippen molar-refractivity contribution in [3.63, 3.8) is 0 Å². The van der Waals surface area contributed by atoms with Gasteiger partial charge in [-0.15, -0.1) is 0 Å². The highest BCUT2D eigenvalue weighted by Gasteiger charge is 2.56. The van der Waals surface area contributed by atoms with Gasteiger partial charge in [0.05, 0.1) is 0 Å². The summed E-state index contributed by atoms with van der Waals surface area (Å²) >= 11 is 5.54. The van der Waals surface area contributed by atoms with Crippen LogP contribution in [0.25, 0.3) is 0 Å². The fraction of sp³-hybridized carbons (Fsp3) is 0.417. The van der Waals surface area contributed by atoms with Gasteiger partial charge in [0.2, 0.25) is 0 Å². The van der Waals surface area contributed by atoms with Crippen LogP contribution in [0.3, 0.4) is 0 Å². The lowest BCUT2D eigenvalue weighted by Gasteiger charge is -2.25. The van der Waals surface area contributed by atoms with Gasteiger partial charge in [0.15, 0.2) is 0 Å². The van der Waals surface area contributed by atoms with Crippen molar-refractivity contribution in [1.29, 1.82) is 0 Å². The van der Waals surface area contributed by atoms with Crippen molar-refractivity contribution in [2.45, 2.75) is 30.9 Å². The van der Waals surface area contributed by atoms with Gasteiger partial charge in [-0.2, -0.15) is 21.6 Å². The first kappa shape index (κ1) is 18.7. The Labute approximate surface area is 129 Å². The second-order valence-electron chi connectivity index (χ2n) is 4.29. The largest absolute Gasteiger partial charge is 0.393 e. The molecule has 0 saturated carbocycles.